The number of carbonyl (C=O) groups excluding carboxylic acids is 2. The summed E-state index contributed by atoms with van der Waals surface area (Å²) in [5, 5.41) is 18.2. The number of fused-ring (bicyclic) bond motifs is 3. The van der Waals surface area contributed by atoms with E-state index in [-0.39, 0.29) is 53.8 Å². The molecule has 8 nitrogen and oxygen atoms in total. The number of halogens is 3. The number of aryl methyl sites for hydroxylation is 1. The molecule has 1 aromatic heterocycles. The van der Waals surface area contributed by atoms with Crippen LogP contribution in [0.2, 0.25) is 0 Å². The molecule has 4 heterocycles. The summed E-state index contributed by atoms with van der Waals surface area (Å²) in [5.74, 6) is -3.89. The number of ether oxygens (including phenoxy) is 1. The van der Waals surface area contributed by atoms with Crippen molar-refractivity contribution in [2.75, 3.05) is 31.5 Å². The molecule has 202 valence electrons. The third-order valence-electron chi connectivity index (χ3n) is 8.19. The van der Waals surface area contributed by atoms with Crippen molar-refractivity contribution in [1.82, 2.24) is 5.16 Å². The van der Waals surface area contributed by atoms with Gasteiger partial charge in [-0.25, -0.2) is 13.6 Å². The number of rotatable bonds is 7. The number of nitrogens with zero attached hydrogens (tertiary/aromatic N) is 2. The number of aromatic nitrogens is 1. The van der Waals surface area contributed by atoms with E-state index in [9.17, 15) is 23.5 Å². The monoisotopic (exact) mass is 583 g/mol. The van der Waals surface area contributed by atoms with E-state index in [0.29, 0.717) is 22.6 Å². The minimum absolute atomic E-state index is 0. The number of hydrogen-bond donors (Lipinski definition) is 2. The summed E-state index contributed by atoms with van der Waals surface area (Å²) in [5.41, 5.74) is -1.88. The summed E-state index contributed by atoms with van der Waals surface area (Å²) < 4.78 is 39.6. The zero-order chi connectivity index (χ0) is 25.6. The van der Waals surface area contributed by atoms with Gasteiger partial charge in [-0.05, 0) is 18.9 Å². The van der Waals surface area contributed by atoms with Crippen LogP contribution in [0.1, 0.15) is 43.4 Å². The quantitative estimate of drug-likeness (QED) is 0.361. The lowest BCUT2D eigenvalue weighted by Crippen LogP contribution is -3.00. The van der Waals surface area contributed by atoms with E-state index < -0.39 is 35.9 Å². The van der Waals surface area contributed by atoms with Gasteiger partial charge in [0.05, 0.1) is 13.1 Å². The molecule has 0 radical (unpaired) electrons. The molecule has 1 aliphatic carbocycles. The van der Waals surface area contributed by atoms with Crippen LogP contribution in [0.25, 0.3) is 0 Å². The van der Waals surface area contributed by atoms with Gasteiger partial charge in [-0.2, -0.15) is 0 Å². The first-order valence-corrected chi connectivity index (χ1v) is 12.5. The van der Waals surface area contributed by atoms with E-state index in [0.717, 1.165) is 25.9 Å². The van der Waals surface area contributed by atoms with Gasteiger partial charge in [0.2, 0.25) is 5.92 Å². The summed E-state index contributed by atoms with van der Waals surface area (Å²) in [4.78, 5) is 26.3. The molecule has 4 fully saturated rings. The second-order valence-electron chi connectivity index (χ2n) is 10.7. The Morgan fingerprint density at radius 3 is 2.54 bits per heavy atom. The van der Waals surface area contributed by atoms with Crippen molar-refractivity contribution < 1.29 is 54.2 Å². The highest BCUT2D eigenvalue weighted by atomic mass is 79.9. The van der Waals surface area contributed by atoms with Gasteiger partial charge in [0.25, 0.3) is 5.91 Å². The summed E-state index contributed by atoms with van der Waals surface area (Å²) in [6.45, 7) is 3.93. The Balaban J connectivity index is 0.00000320. The third-order valence-corrected chi connectivity index (χ3v) is 8.19. The smallest absolute Gasteiger partial charge is 0.343 e. The fraction of sp³-hybridized carbons (Fsp3) is 0.577. The molecule has 3 atom stereocenters. The third kappa shape index (κ3) is 5.58. The van der Waals surface area contributed by atoms with Crippen LogP contribution >= 0.6 is 0 Å². The van der Waals surface area contributed by atoms with Crippen molar-refractivity contribution >= 4 is 17.7 Å². The Morgan fingerprint density at radius 1 is 1.24 bits per heavy atom. The predicted molar refractivity (Wildman–Crippen MR) is 125 cm³/mol. The fourth-order valence-corrected chi connectivity index (χ4v) is 6.24. The van der Waals surface area contributed by atoms with Crippen LogP contribution < -0.4 is 22.3 Å². The van der Waals surface area contributed by atoms with Gasteiger partial charge in [0.1, 0.15) is 12.3 Å². The number of quaternary nitrogens is 1. The molecule has 11 heteroatoms. The van der Waals surface area contributed by atoms with Crippen LogP contribution in [0, 0.1) is 18.8 Å². The molecule has 6 rings (SSSR count). The Bertz CT molecular complexity index is 1120. The number of amides is 1. The van der Waals surface area contributed by atoms with Crippen LogP contribution in [0.15, 0.2) is 40.9 Å². The molecule has 2 unspecified atom stereocenters. The molecular formula is C26H32BrF2N3O5. The number of piperidine rings is 3. The first kappa shape index (κ1) is 27.7. The highest BCUT2D eigenvalue weighted by Gasteiger charge is 2.56. The van der Waals surface area contributed by atoms with E-state index in [4.69, 9.17) is 9.26 Å². The lowest BCUT2D eigenvalue weighted by Gasteiger charge is -2.51. The average Bonchev–Trinajstić information content (AvgIpc) is 3.43. The second-order valence-corrected chi connectivity index (χ2v) is 10.7. The van der Waals surface area contributed by atoms with Crippen LogP contribution in [0.3, 0.4) is 0 Å². The zero-order valence-electron chi connectivity index (χ0n) is 20.7. The molecule has 1 saturated carbocycles. The maximum atomic E-state index is 14.1. The first-order valence-electron chi connectivity index (χ1n) is 12.5. The van der Waals surface area contributed by atoms with E-state index in [2.05, 4.69) is 10.5 Å². The van der Waals surface area contributed by atoms with E-state index >= 15 is 0 Å². The van der Waals surface area contributed by atoms with Crippen molar-refractivity contribution in [3.63, 3.8) is 0 Å². The SMILES string of the molecule is Cc1cc(NC(=O)C[N+]23CCC(CC2)[C@@H](OC(=O)C(O)(c2ccccc2)C2CCC(F)(F)C2)C3)no1.[Br-]. The number of nitrogens with one attached hydrogen (secondary N) is 1. The number of benzene rings is 1. The molecule has 4 aliphatic rings. The summed E-state index contributed by atoms with van der Waals surface area (Å²) in [6.07, 6.45) is 0.150. The Labute approximate surface area is 224 Å². The Hall–Kier alpha value is -2.37. The van der Waals surface area contributed by atoms with Crippen LogP contribution in [-0.4, -0.2) is 64.8 Å². The summed E-state index contributed by atoms with van der Waals surface area (Å²) in [6, 6.07) is 9.89. The predicted octanol–water partition coefficient (Wildman–Crippen LogP) is 0.401. The summed E-state index contributed by atoms with van der Waals surface area (Å²) >= 11 is 0. The van der Waals surface area contributed by atoms with E-state index in [1.54, 1.807) is 43.3 Å². The molecule has 0 spiro atoms. The molecule has 3 aliphatic heterocycles. The lowest BCUT2D eigenvalue weighted by atomic mass is 9.79. The molecular weight excluding hydrogens is 552 g/mol. The van der Waals surface area contributed by atoms with Crippen molar-refractivity contribution in [1.29, 1.82) is 0 Å². The van der Waals surface area contributed by atoms with E-state index in [1.807, 2.05) is 0 Å². The van der Waals surface area contributed by atoms with Gasteiger partial charge in [-0.3, -0.25) is 4.79 Å². The van der Waals surface area contributed by atoms with Crippen molar-refractivity contribution in [3.05, 3.63) is 47.7 Å². The van der Waals surface area contributed by atoms with Gasteiger partial charge in [-0.15, -0.1) is 0 Å². The number of anilines is 1. The first-order chi connectivity index (χ1) is 17.1. The normalized spacial score (nSPS) is 29.7. The molecule has 2 bridgehead atoms. The number of hydrogen-bond acceptors (Lipinski definition) is 6. The van der Waals surface area contributed by atoms with Crippen molar-refractivity contribution in [2.24, 2.45) is 11.8 Å². The molecule has 3 saturated heterocycles. The zero-order valence-corrected chi connectivity index (χ0v) is 22.3. The number of esters is 1. The van der Waals surface area contributed by atoms with Gasteiger partial charge in [0, 0.05) is 43.6 Å². The molecule has 1 amide bonds. The van der Waals surface area contributed by atoms with Crippen LogP contribution in [-0.2, 0) is 19.9 Å². The van der Waals surface area contributed by atoms with Gasteiger partial charge < -0.3 is 41.1 Å². The van der Waals surface area contributed by atoms with Gasteiger partial charge >= 0.3 is 5.97 Å². The van der Waals surface area contributed by atoms with Crippen LogP contribution in [0.5, 0.6) is 0 Å². The average molecular weight is 584 g/mol. The van der Waals surface area contributed by atoms with Gasteiger partial charge in [-0.1, -0.05) is 35.5 Å². The van der Waals surface area contributed by atoms with Crippen molar-refractivity contribution in [2.45, 2.75) is 56.7 Å². The highest BCUT2D eigenvalue weighted by molar-refractivity contribution is 5.90. The van der Waals surface area contributed by atoms with Crippen LogP contribution in [0.4, 0.5) is 14.6 Å². The Morgan fingerprint density at radius 2 is 1.95 bits per heavy atom. The molecule has 37 heavy (non-hydrogen) atoms. The number of aliphatic hydroxyl groups is 1. The minimum atomic E-state index is -2.92. The van der Waals surface area contributed by atoms with Gasteiger partial charge in [0.15, 0.2) is 24.1 Å². The molecule has 1 aromatic carbocycles. The fourth-order valence-electron chi connectivity index (χ4n) is 6.24. The highest BCUT2D eigenvalue weighted by Crippen LogP contribution is 2.48. The number of alkyl halides is 2. The maximum Gasteiger partial charge on any atom is 0.343 e. The molecule has 2 aromatic rings. The topological polar surface area (TPSA) is 102 Å². The van der Waals surface area contributed by atoms with E-state index in [1.165, 1.54) is 0 Å². The maximum absolute atomic E-state index is 14.1. The largest absolute Gasteiger partial charge is 1.00 e. The summed E-state index contributed by atoms with van der Waals surface area (Å²) in [7, 11) is 0. The van der Waals surface area contributed by atoms with Crippen molar-refractivity contribution in [3.8, 4) is 0 Å². The Kier molecular flexibility index (Phi) is 7.79. The standard InChI is InChI=1S/C26H31F2N3O5.BrH/c1-17-13-22(30-36-17)29-23(32)16-31-11-8-18(9-12-31)21(15-31)35-24(33)26(34,19-5-3-2-4-6-19)20-7-10-25(27,28)14-20;/h2-6,13,18,20-21,34H,7-12,14-16H2,1H3;1H/t18?,20?,21-,26?,31?;/m0./s1. The number of carbonyl (C=O) groups is 2. The molecule has 2 N–H and O–H groups in total. The minimum Gasteiger partial charge on any atom is -1.00 e. The lowest BCUT2D eigenvalue weighted by molar-refractivity contribution is -0.939. The second kappa shape index (κ2) is 10.4.